The first-order valence-corrected chi connectivity index (χ1v) is 51.2. The molecular weight excluding hydrogens is 1780 g/mol. The van der Waals surface area contributed by atoms with Gasteiger partial charge in [-0.1, -0.05) is 456 Å². The van der Waals surface area contributed by atoms with Gasteiger partial charge in [-0.05, 0) is 285 Å². The van der Waals surface area contributed by atoms with Crippen LogP contribution in [0.15, 0.2) is 522 Å². The largest absolute Gasteiger partial charge is 0.458 e. The van der Waals surface area contributed by atoms with E-state index in [0.29, 0.717) is 0 Å². The highest BCUT2D eigenvalue weighted by molar-refractivity contribution is 7.00. The zero-order valence-electron chi connectivity index (χ0n) is 80.8. The van der Waals surface area contributed by atoms with Gasteiger partial charge in [0.25, 0.3) is 13.4 Å². The molecule has 4 aliphatic heterocycles. The standard InChI is InChI=1S/C141H92B2N2O2/c1-89(102-85-132-136-134(87-102)146-140-124(117-65-37-35-60-111(117)97-51-23-8-24-52-97)79-106(114-63-33-30-58-109(114)95-47-19-6-20-48-95)83-128(140)142(136)126-81-103(92-41-13-3-14-42-92)77-122-120-75-100(91-39-11-2-12-40-91)68-71-130(120)144(132)138(122)126)73-90-67-70-116(119(74-90)99-55-27-10-28-56-99)101-69-72-131-121(76-101)123-78-105(113-62-32-29-57-108(113)94-45-17-5-18-46-94)82-127-139(123)145(131)133-86-104(93-43-15-4-16-44-93)88-135-137(133)143(127)129-84-107(115-64-34-31-59-110(115)96-49-21-7-22-50-96)80-125(141(129)147-135)118-66-38-36-61-112(118)98-53-25-9-26-54-98/h2-72,74-89H,73H2,1H3. The number of rotatable bonds is 18. The van der Waals surface area contributed by atoms with Crippen molar-refractivity contribution < 1.29 is 9.47 Å². The smallest absolute Gasteiger partial charge is 0.256 e. The van der Waals surface area contributed by atoms with Gasteiger partial charge in [-0.25, -0.2) is 0 Å². The molecule has 4 nitrogen and oxygen atoms in total. The predicted octanol–water partition coefficient (Wildman–Crippen LogP) is 33.1. The normalized spacial score (nSPS) is 12.5. The summed E-state index contributed by atoms with van der Waals surface area (Å²) in [4.78, 5) is 0. The molecule has 25 aromatic rings. The van der Waals surface area contributed by atoms with Crippen LogP contribution in [0.2, 0.25) is 0 Å². The number of aromatic nitrogens is 2. The first kappa shape index (κ1) is 85.2. The zero-order valence-corrected chi connectivity index (χ0v) is 80.8. The third kappa shape index (κ3) is 14.2. The molecule has 4 aliphatic rings. The molecule has 147 heavy (non-hydrogen) atoms. The van der Waals surface area contributed by atoms with E-state index in [1.165, 1.54) is 88.2 Å². The van der Waals surface area contributed by atoms with Crippen molar-refractivity contribution in [1.29, 1.82) is 0 Å². The molecule has 0 bridgehead atoms. The Kier molecular flexibility index (Phi) is 20.2. The second-order valence-electron chi connectivity index (χ2n) is 39.9. The van der Waals surface area contributed by atoms with Gasteiger partial charge in [-0.3, -0.25) is 0 Å². The van der Waals surface area contributed by atoms with E-state index in [1.54, 1.807) is 0 Å². The van der Waals surface area contributed by atoms with E-state index < -0.39 is 0 Å². The molecule has 0 N–H and O–H groups in total. The lowest BCUT2D eigenvalue weighted by Gasteiger charge is -2.36. The van der Waals surface area contributed by atoms with Crippen molar-refractivity contribution in [3.05, 3.63) is 533 Å². The van der Waals surface area contributed by atoms with Crippen LogP contribution in [-0.2, 0) is 6.42 Å². The summed E-state index contributed by atoms with van der Waals surface area (Å²) >= 11 is 0. The molecule has 6 heteroatoms. The van der Waals surface area contributed by atoms with Crippen LogP contribution in [0.25, 0.3) is 222 Å². The molecule has 0 spiro atoms. The molecule has 23 aromatic carbocycles. The fraction of sp³-hybridized carbons (Fsp3) is 0.0213. The topological polar surface area (TPSA) is 28.3 Å². The molecule has 0 saturated heterocycles. The number of ether oxygens (including phenoxy) is 2. The molecule has 1 atom stereocenters. The summed E-state index contributed by atoms with van der Waals surface area (Å²) < 4.78 is 21.4. The molecule has 0 fully saturated rings. The lowest BCUT2D eigenvalue weighted by Crippen LogP contribution is -2.58. The van der Waals surface area contributed by atoms with Gasteiger partial charge in [0.05, 0.1) is 11.0 Å². The van der Waals surface area contributed by atoms with Crippen LogP contribution >= 0.6 is 0 Å². The van der Waals surface area contributed by atoms with Crippen molar-refractivity contribution in [1.82, 2.24) is 9.13 Å². The maximum Gasteiger partial charge on any atom is 0.256 e. The summed E-state index contributed by atoms with van der Waals surface area (Å²) in [6.45, 7) is 1.86. The highest BCUT2D eigenvalue weighted by atomic mass is 16.5. The first-order chi connectivity index (χ1) is 72.8. The van der Waals surface area contributed by atoms with E-state index in [1.807, 2.05) is 0 Å². The molecular formula is C141H92B2N2O2. The van der Waals surface area contributed by atoms with E-state index in [2.05, 4.69) is 538 Å². The summed E-state index contributed by atoms with van der Waals surface area (Å²) in [5.74, 6) is 3.42. The Morgan fingerprint density at radius 2 is 0.490 bits per heavy atom. The number of hydrogen-bond donors (Lipinski definition) is 0. The van der Waals surface area contributed by atoms with E-state index in [-0.39, 0.29) is 19.3 Å². The molecule has 684 valence electrons. The monoisotopic (exact) mass is 1870 g/mol. The van der Waals surface area contributed by atoms with Gasteiger partial charge >= 0.3 is 0 Å². The number of hydrogen-bond acceptors (Lipinski definition) is 2. The number of fused-ring (bicyclic) bond motifs is 14. The van der Waals surface area contributed by atoms with E-state index in [9.17, 15) is 0 Å². The van der Waals surface area contributed by atoms with Gasteiger partial charge in [-0.15, -0.1) is 0 Å². The van der Waals surface area contributed by atoms with Crippen LogP contribution in [0.3, 0.4) is 0 Å². The van der Waals surface area contributed by atoms with Crippen molar-refractivity contribution >= 4 is 89.8 Å². The van der Waals surface area contributed by atoms with Crippen LogP contribution in [0.1, 0.15) is 24.0 Å². The van der Waals surface area contributed by atoms with Gasteiger partial charge in [0.15, 0.2) is 0 Å². The Balaban J connectivity index is 0.629. The molecule has 29 rings (SSSR count). The minimum absolute atomic E-state index is 0.00718. The summed E-state index contributed by atoms with van der Waals surface area (Å²) in [5, 5.41) is 4.76. The van der Waals surface area contributed by atoms with E-state index in [4.69, 9.17) is 9.47 Å². The van der Waals surface area contributed by atoms with Gasteiger partial charge in [0.1, 0.15) is 23.0 Å². The summed E-state index contributed by atoms with van der Waals surface area (Å²) in [5.41, 5.74) is 50.5. The lowest BCUT2D eigenvalue weighted by atomic mass is 9.34. The maximum atomic E-state index is 8.13. The minimum Gasteiger partial charge on any atom is -0.458 e. The Labute approximate surface area is 855 Å². The first-order valence-electron chi connectivity index (χ1n) is 51.2. The Morgan fingerprint density at radius 3 is 0.905 bits per heavy atom. The SMILES string of the molecule is CC(Cc1ccc(-c2ccc3c(c2)c2cc(-c4ccccc4-c4ccccc4)cc4c2n3-c2cc(-c3ccccc3)cc3c2B4c2cc(-c4ccccc4-c4ccccc4)cc(-c4ccccc4-c4ccccc4)c2O3)c(-c2ccccc2)c1)c1cc2c3c(c1)-n1c4ccc(-c5ccccc5)cc4c4cc(-c5ccccc5)cc(c41)B3c1cc(-c3ccccc3-c3ccccc3)cc(-c3ccccc3-c3ccccc3)c1O2. The molecule has 0 aliphatic carbocycles. The minimum atomic E-state index is -0.309. The van der Waals surface area contributed by atoms with Gasteiger partial charge in [0, 0.05) is 55.1 Å². The molecule has 1 unspecified atom stereocenters. The van der Waals surface area contributed by atoms with Crippen LogP contribution in [0, 0.1) is 0 Å². The van der Waals surface area contributed by atoms with E-state index in [0.717, 1.165) is 207 Å². The highest BCUT2D eigenvalue weighted by Gasteiger charge is 2.46. The third-order valence-electron chi connectivity index (χ3n) is 31.5. The second-order valence-corrected chi connectivity index (χ2v) is 39.9. The summed E-state index contributed by atoms with van der Waals surface area (Å²) in [6, 6.07) is 195. The molecule has 2 aromatic heterocycles. The van der Waals surface area contributed by atoms with Crippen LogP contribution < -0.4 is 42.3 Å². The molecule has 0 radical (unpaired) electrons. The van der Waals surface area contributed by atoms with E-state index >= 15 is 0 Å². The van der Waals surface area contributed by atoms with Gasteiger partial charge in [0.2, 0.25) is 0 Å². The maximum absolute atomic E-state index is 8.13. The molecule has 0 saturated carbocycles. The van der Waals surface area contributed by atoms with Crippen molar-refractivity contribution in [2.45, 2.75) is 19.3 Å². The Morgan fingerprint density at radius 1 is 0.197 bits per heavy atom. The van der Waals surface area contributed by atoms with Crippen molar-refractivity contribution in [3.8, 4) is 201 Å². The van der Waals surface area contributed by atoms with Gasteiger partial charge < -0.3 is 18.6 Å². The van der Waals surface area contributed by atoms with Crippen LogP contribution in [0.5, 0.6) is 23.0 Å². The zero-order chi connectivity index (χ0) is 96.8. The third-order valence-corrected chi connectivity index (χ3v) is 31.5. The van der Waals surface area contributed by atoms with Crippen molar-refractivity contribution in [2.24, 2.45) is 0 Å². The average Bonchev–Trinajstić information content (AvgIpc) is 1.57. The fourth-order valence-electron chi connectivity index (χ4n) is 24.8. The summed E-state index contributed by atoms with van der Waals surface area (Å²) in [6.07, 6.45) is 0.739. The quantitative estimate of drug-likeness (QED) is 0.0801. The molecule has 0 amide bonds. The van der Waals surface area contributed by atoms with Gasteiger partial charge in [-0.2, -0.15) is 0 Å². The fourth-order valence-corrected chi connectivity index (χ4v) is 24.8. The van der Waals surface area contributed by atoms with Crippen LogP contribution in [0.4, 0.5) is 0 Å². The summed E-state index contributed by atoms with van der Waals surface area (Å²) in [7, 11) is 0. The van der Waals surface area contributed by atoms with Crippen molar-refractivity contribution in [3.63, 3.8) is 0 Å². The predicted molar refractivity (Wildman–Crippen MR) is 618 cm³/mol. The van der Waals surface area contributed by atoms with Crippen LogP contribution in [-0.4, -0.2) is 22.6 Å². The second kappa shape index (κ2) is 34.9. The highest BCUT2D eigenvalue weighted by Crippen LogP contribution is 2.53. The number of benzene rings is 23. The van der Waals surface area contributed by atoms with Crippen molar-refractivity contribution in [2.75, 3.05) is 0 Å². The number of nitrogens with zero attached hydrogens (tertiary/aromatic N) is 2. The Bertz CT molecular complexity index is 9620. The average molecular weight is 1870 g/mol. The Hall–Kier alpha value is -18.6. The lowest BCUT2D eigenvalue weighted by molar-refractivity contribution is 0.487. The molecule has 6 heterocycles.